The zero-order valence-electron chi connectivity index (χ0n) is 9.33. The highest BCUT2D eigenvalue weighted by Crippen LogP contribution is 2.19. The van der Waals surface area contributed by atoms with Crippen molar-refractivity contribution in [1.82, 2.24) is 4.90 Å². The topological polar surface area (TPSA) is 29.3 Å². The van der Waals surface area contributed by atoms with Gasteiger partial charge in [0, 0.05) is 19.6 Å². The molecule has 0 unspecified atom stereocenters. The van der Waals surface area contributed by atoms with Crippen LogP contribution in [0.3, 0.4) is 0 Å². The summed E-state index contributed by atoms with van der Waals surface area (Å²) in [7, 11) is 0. The van der Waals surface area contributed by atoms with Gasteiger partial charge in [-0.2, -0.15) is 0 Å². The van der Waals surface area contributed by atoms with E-state index in [2.05, 4.69) is 4.90 Å². The molecule has 0 aromatic heterocycles. The predicted molar refractivity (Wildman–Crippen MR) is 64.8 cm³/mol. The Morgan fingerprint density at radius 1 is 1.00 bits per heavy atom. The van der Waals surface area contributed by atoms with Crippen LogP contribution < -0.4 is 22.7 Å². The van der Waals surface area contributed by atoms with Crippen molar-refractivity contribution in [2.45, 2.75) is 12.8 Å². The number of rotatable bonds is 4. The monoisotopic (exact) mass is 343 g/mol. The maximum absolute atomic E-state index is 5.52. The fourth-order valence-electron chi connectivity index (χ4n) is 2.66. The fourth-order valence-corrected chi connectivity index (χ4v) is 2.66. The van der Waals surface area contributed by atoms with E-state index in [0.717, 1.165) is 6.54 Å². The molecular weight excluding hydrogens is 322 g/mol. The van der Waals surface area contributed by atoms with Crippen LogP contribution in [0.15, 0.2) is 0 Å². The van der Waals surface area contributed by atoms with Gasteiger partial charge in [-0.1, -0.05) is 0 Å². The summed E-state index contributed by atoms with van der Waals surface area (Å²) in [4.78, 5) is 2.60. The summed E-state index contributed by atoms with van der Waals surface area (Å²) in [5, 5.41) is 0. The number of hydrogen-bond acceptors (Lipinski definition) is 2. The third-order valence-electron chi connectivity index (χ3n) is 3.76. The summed E-state index contributed by atoms with van der Waals surface area (Å²) in [5.41, 5.74) is 5.52. The Kier molecular flexibility index (Phi) is 7.63. The summed E-state index contributed by atoms with van der Waals surface area (Å²) >= 11 is 0. The summed E-state index contributed by atoms with van der Waals surface area (Å²) in [6, 6.07) is 0. The highest BCUT2D eigenvalue weighted by molar-refractivity contribution is 8.93. The lowest BCUT2D eigenvalue weighted by atomic mass is 10.1. The quantitative estimate of drug-likeness (QED) is 0.449. The Morgan fingerprint density at radius 2 is 1.53 bits per heavy atom. The van der Waals surface area contributed by atoms with Gasteiger partial charge in [0.05, 0.1) is 26.2 Å². The molecule has 3 fully saturated rings. The molecule has 2 bridgehead atoms. The molecular formula is C10H23Br2N3. The van der Waals surface area contributed by atoms with Crippen LogP contribution in [0.1, 0.15) is 12.8 Å². The summed E-state index contributed by atoms with van der Waals surface area (Å²) in [6.07, 6.45) is 2.54. The van der Waals surface area contributed by atoms with Gasteiger partial charge >= 0.3 is 0 Å². The number of quaternary nitrogens is 1. The van der Waals surface area contributed by atoms with Crippen molar-refractivity contribution in [2.75, 3.05) is 52.4 Å². The minimum absolute atomic E-state index is 0. The van der Waals surface area contributed by atoms with E-state index in [4.69, 9.17) is 5.73 Å². The van der Waals surface area contributed by atoms with Gasteiger partial charge in [-0.15, -0.1) is 17.0 Å². The number of nitrogens with zero attached hydrogens (tertiary/aromatic N) is 2. The van der Waals surface area contributed by atoms with Gasteiger partial charge in [0.25, 0.3) is 0 Å². The molecule has 15 heavy (non-hydrogen) atoms. The first-order valence-corrected chi connectivity index (χ1v) is 5.62. The van der Waals surface area contributed by atoms with Gasteiger partial charge < -0.3 is 27.2 Å². The van der Waals surface area contributed by atoms with E-state index in [1.807, 2.05) is 0 Å². The average Bonchev–Trinajstić information content (AvgIpc) is 2.21. The average molecular weight is 345 g/mol. The Morgan fingerprint density at radius 3 is 2.00 bits per heavy atom. The molecule has 0 aliphatic carbocycles. The summed E-state index contributed by atoms with van der Waals surface area (Å²) in [5.74, 6) is 0. The first-order chi connectivity index (χ1) is 6.35. The molecule has 5 heteroatoms. The third kappa shape index (κ3) is 3.97. The maximum atomic E-state index is 5.52. The van der Waals surface area contributed by atoms with Gasteiger partial charge in [-0.3, -0.25) is 4.90 Å². The molecule has 3 nitrogen and oxygen atoms in total. The van der Waals surface area contributed by atoms with Crippen molar-refractivity contribution < 1.29 is 21.5 Å². The third-order valence-corrected chi connectivity index (χ3v) is 3.76. The zero-order valence-corrected chi connectivity index (χ0v) is 12.6. The van der Waals surface area contributed by atoms with Crippen LogP contribution in [0.5, 0.6) is 0 Å². The largest absolute Gasteiger partial charge is 1.00 e. The zero-order chi connectivity index (χ0) is 9.15. The lowest BCUT2D eigenvalue weighted by Gasteiger charge is -2.50. The van der Waals surface area contributed by atoms with Crippen LogP contribution in [-0.2, 0) is 0 Å². The lowest BCUT2D eigenvalue weighted by Crippen LogP contribution is -3.00. The smallest absolute Gasteiger partial charge is 0.0916 e. The van der Waals surface area contributed by atoms with Crippen molar-refractivity contribution in [3.63, 3.8) is 0 Å². The van der Waals surface area contributed by atoms with Crippen LogP contribution in [-0.4, -0.2) is 61.7 Å². The lowest BCUT2D eigenvalue weighted by molar-refractivity contribution is -0.941. The molecule has 0 aromatic rings. The molecule has 3 heterocycles. The van der Waals surface area contributed by atoms with E-state index in [0.29, 0.717) is 0 Å². The molecule has 2 N–H and O–H groups in total. The first kappa shape index (κ1) is 15.8. The molecule has 0 radical (unpaired) electrons. The Bertz CT molecular complexity index is 156. The van der Waals surface area contributed by atoms with Gasteiger partial charge in [0.2, 0.25) is 0 Å². The molecule has 3 rings (SSSR count). The highest BCUT2D eigenvalue weighted by atomic mass is 79.9. The van der Waals surface area contributed by atoms with Crippen LogP contribution in [0.25, 0.3) is 0 Å². The predicted octanol–water partition coefficient (Wildman–Crippen LogP) is -2.55. The molecule has 0 saturated carbocycles. The van der Waals surface area contributed by atoms with Crippen LogP contribution >= 0.6 is 17.0 Å². The number of hydrogen-bond donors (Lipinski definition) is 1. The highest BCUT2D eigenvalue weighted by Gasteiger charge is 2.37. The van der Waals surface area contributed by atoms with Crippen molar-refractivity contribution in [3.05, 3.63) is 0 Å². The number of unbranched alkanes of at least 4 members (excludes halogenated alkanes) is 1. The van der Waals surface area contributed by atoms with E-state index in [1.54, 1.807) is 0 Å². The summed E-state index contributed by atoms with van der Waals surface area (Å²) in [6.45, 7) is 10.4. The second kappa shape index (κ2) is 7.22. The van der Waals surface area contributed by atoms with E-state index in [-0.39, 0.29) is 34.0 Å². The van der Waals surface area contributed by atoms with Gasteiger partial charge in [0.1, 0.15) is 0 Å². The van der Waals surface area contributed by atoms with Crippen LogP contribution in [0, 0.1) is 0 Å². The van der Waals surface area contributed by atoms with E-state index in [1.165, 1.54) is 63.1 Å². The van der Waals surface area contributed by atoms with Crippen molar-refractivity contribution >= 4 is 17.0 Å². The standard InChI is InChI=1S/C10H22N3.2BrH/c11-3-1-2-7-13-8-4-12(5-9-13)6-10-13;;/h1-11H2;2*1H/q+1;;/p-1. The Labute approximate surface area is 114 Å². The molecule has 92 valence electrons. The van der Waals surface area contributed by atoms with E-state index < -0.39 is 0 Å². The molecule has 0 amide bonds. The SMILES string of the molecule is Br.NCCCC[N+]12CCN(CC1)CC2.[Br-]. The van der Waals surface area contributed by atoms with Crippen LogP contribution in [0.4, 0.5) is 0 Å². The molecule has 0 spiro atoms. The Balaban J connectivity index is 0.000000980. The molecule has 3 aliphatic rings. The minimum Gasteiger partial charge on any atom is -1.00 e. The van der Waals surface area contributed by atoms with Crippen LogP contribution in [0.2, 0.25) is 0 Å². The second-order valence-electron chi connectivity index (χ2n) is 4.57. The normalized spacial score (nSPS) is 33.0. The number of fused-ring (bicyclic) bond motifs is 3. The van der Waals surface area contributed by atoms with Gasteiger partial charge in [-0.25, -0.2) is 0 Å². The van der Waals surface area contributed by atoms with E-state index in [9.17, 15) is 0 Å². The van der Waals surface area contributed by atoms with Gasteiger partial charge in [-0.05, 0) is 19.4 Å². The fraction of sp³-hybridized carbons (Fsp3) is 1.00. The molecule has 0 aromatic carbocycles. The first-order valence-electron chi connectivity index (χ1n) is 5.62. The van der Waals surface area contributed by atoms with E-state index >= 15 is 0 Å². The molecule has 3 saturated heterocycles. The minimum atomic E-state index is 0. The number of piperazine rings is 3. The molecule has 0 atom stereocenters. The molecule has 3 aliphatic heterocycles. The number of nitrogens with two attached hydrogens (primary N) is 1. The van der Waals surface area contributed by atoms with Crippen molar-refractivity contribution in [2.24, 2.45) is 5.73 Å². The second-order valence-corrected chi connectivity index (χ2v) is 4.57. The van der Waals surface area contributed by atoms with Gasteiger partial charge in [0.15, 0.2) is 0 Å². The van der Waals surface area contributed by atoms with Crippen molar-refractivity contribution in [1.29, 1.82) is 0 Å². The van der Waals surface area contributed by atoms with Crippen molar-refractivity contribution in [3.8, 4) is 0 Å². The maximum Gasteiger partial charge on any atom is 0.0916 e. The number of halogens is 2. The summed E-state index contributed by atoms with van der Waals surface area (Å²) < 4.78 is 1.40. The Hall–Kier alpha value is 0.840.